The molecule has 2 fully saturated rings. The quantitative estimate of drug-likeness (QED) is 0.143. The lowest BCUT2D eigenvalue weighted by atomic mass is 9.91. The van der Waals surface area contributed by atoms with Gasteiger partial charge < -0.3 is 19.5 Å². The summed E-state index contributed by atoms with van der Waals surface area (Å²) >= 11 is 1.26. The maximum Gasteiger partial charge on any atom is 0.459 e. The first-order valence-corrected chi connectivity index (χ1v) is 13.4. The minimum absolute atomic E-state index is 0.0883. The lowest BCUT2D eigenvalue weighted by molar-refractivity contribution is -0.138. The summed E-state index contributed by atoms with van der Waals surface area (Å²) in [5, 5.41) is 26.6. The van der Waals surface area contributed by atoms with E-state index in [0.29, 0.717) is 12.2 Å². The Labute approximate surface area is 213 Å². The normalized spacial score (nSPS) is 29.0. The van der Waals surface area contributed by atoms with Gasteiger partial charge in [0, 0.05) is 17.2 Å². The first-order valence-electron chi connectivity index (χ1n) is 10.9. The molecule has 4 rings (SSSR count). The van der Waals surface area contributed by atoms with Crippen LogP contribution in [0.1, 0.15) is 19.6 Å². The number of hydrogen-bond donors (Lipinski definition) is 4. The number of aromatic nitrogens is 2. The molecule has 0 aliphatic carbocycles. The molecule has 0 amide bonds. The largest absolute Gasteiger partial charge is 0.480 e. The number of nitrogens with one attached hydrogen (secondary N) is 2. The van der Waals surface area contributed by atoms with E-state index in [9.17, 15) is 34.7 Å². The summed E-state index contributed by atoms with van der Waals surface area (Å²) in [6.45, 7) is 0.383. The molecule has 37 heavy (non-hydrogen) atoms. The summed E-state index contributed by atoms with van der Waals surface area (Å²) < 4.78 is 30.4. The molecule has 0 saturated carbocycles. The maximum atomic E-state index is 13.6. The van der Waals surface area contributed by atoms with Crippen LogP contribution in [0.5, 0.6) is 5.75 Å². The Morgan fingerprint density at radius 2 is 2.14 bits per heavy atom. The van der Waals surface area contributed by atoms with Crippen molar-refractivity contribution < 1.29 is 33.4 Å². The second kappa shape index (κ2) is 10.3. The SMILES string of the molecule is C[C@@H](NP(=O)(OC[C@@]1(N=[N+]=[N-])O[C@@H](n2ccc(=O)[nH]c2=O)[C@@]2(CCS2)[C@@H]1O)Oc1ccccc1)C(=O)O. The Bertz CT molecular complexity index is 1380. The van der Waals surface area contributed by atoms with Crippen molar-refractivity contribution in [2.75, 3.05) is 12.4 Å². The average molecular weight is 554 g/mol. The molecule has 15 nitrogen and oxygen atoms in total. The van der Waals surface area contributed by atoms with E-state index < -0.39 is 60.4 Å². The van der Waals surface area contributed by atoms with Crippen LogP contribution in [0, 0.1) is 0 Å². The number of carboxylic acids is 1. The summed E-state index contributed by atoms with van der Waals surface area (Å²) in [6.07, 6.45) is -1.21. The fourth-order valence-corrected chi connectivity index (χ4v) is 6.84. The molecule has 1 aromatic heterocycles. The standard InChI is InChI=1S/C20H23N6O9PS/c1-12(15(28)29)23-36(32,35-13-5-3-2-4-6-13)33-11-20(24-25-21)16(30)19(8-10-37-19)17(34-20)26-9-7-14(27)22-18(26)31/h2-7,9,12,16-17,30H,8,10-11H2,1H3,(H,23,32)(H,28,29)(H,22,27,31)/t12-,16+,17-,19-,20-,36?/m1/s1. The van der Waals surface area contributed by atoms with E-state index in [4.69, 9.17) is 13.8 Å². The number of H-pyrrole nitrogens is 1. The molecule has 1 aromatic carbocycles. The average Bonchev–Trinajstić information content (AvgIpc) is 3.07. The molecular formula is C20H23N6O9PS. The number of benzene rings is 1. The number of ether oxygens (including phenoxy) is 1. The van der Waals surface area contributed by atoms with Gasteiger partial charge in [-0.2, -0.15) is 5.09 Å². The van der Waals surface area contributed by atoms with Crippen LogP contribution in [-0.2, 0) is 18.6 Å². The molecule has 3 heterocycles. The van der Waals surface area contributed by atoms with Gasteiger partial charge in [0.05, 0.1) is 11.4 Å². The number of aromatic amines is 1. The Kier molecular flexibility index (Phi) is 7.53. The van der Waals surface area contributed by atoms with E-state index in [1.54, 1.807) is 18.2 Å². The van der Waals surface area contributed by atoms with E-state index in [0.717, 1.165) is 10.6 Å². The van der Waals surface area contributed by atoms with Crippen molar-refractivity contribution in [2.24, 2.45) is 5.11 Å². The molecule has 6 atom stereocenters. The van der Waals surface area contributed by atoms with Crippen molar-refractivity contribution in [1.82, 2.24) is 14.6 Å². The third-order valence-corrected chi connectivity index (χ3v) is 9.14. The lowest BCUT2D eigenvalue weighted by Gasteiger charge is -2.44. The molecule has 0 radical (unpaired) electrons. The number of aliphatic carboxylic acids is 1. The molecule has 2 saturated heterocycles. The highest BCUT2D eigenvalue weighted by Gasteiger charge is 2.68. The van der Waals surface area contributed by atoms with E-state index in [2.05, 4.69) is 20.1 Å². The number of nitrogens with zero attached hydrogens (tertiary/aromatic N) is 4. The highest BCUT2D eigenvalue weighted by Crippen LogP contribution is 2.60. The highest BCUT2D eigenvalue weighted by atomic mass is 32.2. The number of azide groups is 1. The number of aliphatic hydroxyl groups is 1. The number of para-hydroxylation sites is 1. The van der Waals surface area contributed by atoms with E-state index in [1.165, 1.54) is 37.0 Å². The Morgan fingerprint density at radius 3 is 2.70 bits per heavy atom. The zero-order chi connectivity index (χ0) is 26.8. The van der Waals surface area contributed by atoms with Crippen LogP contribution in [0.4, 0.5) is 0 Å². The third kappa shape index (κ3) is 5.18. The molecular weight excluding hydrogens is 531 g/mol. The van der Waals surface area contributed by atoms with Gasteiger partial charge in [0.2, 0.25) is 0 Å². The van der Waals surface area contributed by atoms with Gasteiger partial charge in [-0.05, 0) is 36.8 Å². The zero-order valence-corrected chi connectivity index (χ0v) is 21.0. The summed E-state index contributed by atoms with van der Waals surface area (Å²) in [5.41, 5.74) is 5.65. The molecule has 2 aromatic rings. The van der Waals surface area contributed by atoms with Crippen LogP contribution in [-0.4, -0.2) is 60.7 Å². The van der Waals surface area contributed by atoms with Crippen LogP contribution in [0.25, 0.3) is 10.4 Å². The monoisotopic (exact) mass is 554 g/mol. The molecule has 2 aliphatic rings. The fourth-order valence-electron chi connectivity index (χ4n) is 4.00. The van der Waals surface area contributed by atoms with Crippen molar-refractivity contribution in [2.45, 2.75) is 42.2 Å². The second-order valence-electron chi connectivity index (χ2n) is 8.34. The fraction of sp³-hybridized carbons (Fsp3) is 0.450. The molecule has 0 bridgehead atoms. The van der Waals surface area contributed by atoms with Crippen molar-refractivity contribution in [3.8, 4) is 5.75 Å². The van der Waals surface area contributed by atoms with Gasteiger partial charge in [0.15, 0.2) is 12.0 Å². The number of thioether (sulfide) groups is 1. The van der Waals surface area contributed by atoms with Gasteiger partial charge in [0.1, 0.15) is 17.9 Å². The van der Waals surface area contributed by atoms with Crippen LogP contribution in [0.15, 0.2) is 57.3 Å². The second-order valence-corrected chi connectivity index (χ2v) is 11.5. The summed E-state index contributed by atoms with van der Waals surface area (Å²) in [6, 6.07) is 7.51. The van der Waals surface area contributed by atoms with Crippen molar-refractivity contribution in [1.29, 1.82) is 0 Å². The predicted molar refractivity (Wildman–Crippen MR) is 130 cm³/mol. The molecule has 1 unspecified atom stereocenters. The van der Waals surface area contributed by atoms with E-state index >= 15 is 0 Å². The van der Waals surface area contributed by atoms with Crippen LogP contribution in [0.3, 0.4) is 0 Å². The number of hydrogen-bond acceptors (Lipinski definition) is 10. The van der Waals surface area contributed by atoms with Crippen molar-refractivity contribution >= 4 is 25.5 Å². The van der Waals surface area contributed by atoms with Crippen LogP contribution in [0.2, 0.25) is 0 Å². The Hall–Kier alpha value is -3.10. The number of carbonyl (C=O) groups is 1. The van der Waals surface area contributed by atoms with Crippen molar-refractivity contribution in [3.63, 3.8) is 0 Å². The Morgan fingerprint density at radius 1 is 1.43 bits per heavy atom. The third-order valence-electron chi connectivity index (χ3n) is 5.94. The number of rotatable bonds is 10. The highest BCUT2D eigenvalue weighted by molar-refractivity contribution is 8.02. The molecule has 1 spiro atoms. The number of aliphatic hydroxyl groups excluding tert-OH is 1. The molecule has 4 N–H and O–H groups in total. The minimum atomic E-state index is -4.46. The topological polar surface area (TPSA) is 218 Å². The van der Waals surface area contributed by atoms with Crippen LogP contribution >= 0.6 is 19.5 Å². The summed E-state index contributed by atoms with van der Waals surface area (Å²) in [5.74, 6) is -0.662. The van der Waals surface area contributed by atoms with Crippen molar-refractivity contribution in [3.05, 3.63) is 73.9 Å². The molecule has 17 heteroatoms. The maximum absolute atomic E-state index is 13.6. The molecule has 198 valence electrons. The summed E-state index contributed by atoms with van der Waals surface area (Å²) in [7, 11) is -4.46. The molecule has 2 aliphatic heterocycles. The Balaban J connectivity index is 1.68. The first kappa shape index (κ1) is 26.9. The van der Waals surface area contributed by atoms with Gasteiger partial charge in [-0.1, -0.05) is 23.3 Å². The van der Waals surface area contributed by atoms with Gasteiger partial charge >= 0.3 is 19.4 Å². The predicted octanol–water partition coefficient (Wildman–Crippen LogP) is 1.57. The van der Waals surface area contributed by atoms with Gasteiger partial charge in [-0.15, -0.1) is 11.8 Å². The van der Waals surface area contributed by atoms with Gasteiger partial charge in [-0.3, -0.25) is 23.7 Å². The minimum Gasteiger partial charge on any atom is -0.480 e. The summed E-state index contributed by atoms with van der Waals surface area (Å²) in [4.78, 5) is 40.3. The van der Waals surface area contributed by atoms with Gasteiger partial charge in [-0.25, -0.2) is 9.36 Å². The number of carboxylic acid groups (broad SMARTS) is 1. The van der Waals surface area contributed by atoms with Crippen LogP contribution < -0.4 is 20.9 Å². The lowest BCUT2D eigenvalue weighted by Crippen LogP contribution is -2.55. The first-order chi connectivity index (χ1) is 17.5. The smallest absolute Gasteiger partial charge is 0.459 e. The van der Waals surface area contributed by atoms with Gasteiger partial charge in [0.25, 0.3) is 5.56 Å². The van der Waals surface area contributed by atoms with E-state index in [-0.39, 0.29) is 5.75 Å². The zero-order valence-electron chi connectivity index (χ0n) is 19.3. The van der Waals surface area contributed by atoms with E-state index in [1.807, 2.05) is 0 Å².